The first-order valence-electron chi connectivity index (χ1n) is 7.37. The zero-order chi connectivity index (χ0) is 15.1. The maximum absolute atomic E-state index is 5.85. The third kappa shape index (κ3) is 5.16. The highest BCUT2D eigenvalue weighted by Gasteiger charge is 2.10. The molecule has 21 heavy (non-hydrogen) atoms. The quantitative estimate of drug-likeness (QED) is 0.811. The molecule has 0 bridgehead atoms. The van der Waals surface area contributed by atoms with Gasteiger partial charge in [-0.2, -0.15) is 0 Å². The molecular weight excluding hydrogens is 280 g/mol. The summed E-state index contributed by atoms with van der Waals surface area (Å²) in [5.74, 6) is 0.901. The van der Waals surface area contributed by atoms with Crippen LogP contribution in [0.3, 0.4) is 0 Å². The maximum Gasteiger partial charge on any atom is 0.119 e. The summed E-state index contributed by atoms with van der Waals surface area (Å²) in [5.41, 5.74) is 6.75. The van der Waals surface area contributed by atoms with Crippen LogP contribution in [-0.2, 0) is 13.1 Å². The van der Waals surface area contributed by atoms with Crippen molar-refractivity contribution in [2.75, 3.05) is 13.2 Å². The van der Waals surface area contributed by atoms with E-state index in [2.05, 4.69) is 36.3 Å². The molecule has 0 radical (unpaired) electrons. The number of hydrogen-bond acceptors (Lipinski definition) is 4. The van der Waals surface area contributed by atoms with Crippen molar-refractivity contribution in [2.45, 2.75) is 33.0 Å². The molecule has 0 saturated carbocycles. The van der Waals surface area contributed by atoms with Crippen LogP contribution in [0.4, 0.5) is 0 Å². The molecule has 1 heterocycles. The first-order chi connectivity index (χ1) is 10.2. The smallest absolute Gasteiger partial charge is 0.119 e. The second-order valence-corrected chi connectivity index (χ2v) is 6.38. The lowest BCUT2D eigenvalue weighted by Gasteiger charge is -2.25. The van der Waals surface area contributed by atoms with Crippen LogP contribution in [0, 0.1) is 0 Å². The predicted molar refractivity (Wildman–Crippen MR) is 89.7 cm³/mol. The van der Waals surface area contributed by atoms with E-state index in [4.69, 9.17) is 10.5 Å². The van der Waals surface area contributed by atoms with Crippen molar-refractivity contribution in [3.63, 3.8) is 0 Å². The van der Waals surface area contributed by atoms with Crippen LogP contribution in [-0.4, -0.2) is 24.1 Å². The van der Waals surface area contributed by atoms with Gasteiger partial charge in [-0.3, -0.25) is 4.90 Å². The van der Waals surface area contributed by atoms with Crippen molar-refractivity contribution < 1.29 is 4.74 Å². The molecule has 2 N–H and O–H groups in total. The van der Waals surface area contributed by atoms with E-state index in [-0.39, 0.29) is 0 Å². The Kier molecular flexibility index (Phi) is 6.23. The minimum atomic E-state index is 0.506. The topological polar surface area (TPSA) is 38.5 Å². The number of benzene rings is 1. The number of nitrogens with zero attached hydrogens (tertiary/aromatic N) is 1. The van der Waals surface area contributed by atoms with Crippen molar-refractivity contribution in [1.29, 1.82) is 0 Å². The van der Waals surface area contributed by atoms with Crippen LogP contribution in [0.2, 0.25) is 0 Å². The zero-order valence-electron chi connectivity index (χ0n) is 12.8. The van der Waals surface area contributed by atoms with Gasteiger partial charge in [0.2, 0.25) is 0 Å². The van der Waals surface area contributed by atoms with E-state index in [0.717, 1.165) is 24.4 Å². The molecule has 1 aromatic carbocycles. The van der Waals surface area contributed by atoms with E-state index in [9.17, 15) is 0 Å². The average molecular weight is 304 g/mol. The van der Waals surface area contributed by atoms with Gasteiger partial charge in [-0.05, 0) is 43.0 Å². The van der Waals surface area contributed by atoms with E-state index in [1.165, 1.54) is 4.88 Å². The highest BCUT2D eigenvalue weighted by molar-refractivity contribution is 7.09. The average Bonchev–Trinajstić information content (AvgIpc) is 2.99. The first-order valence-corrected chi connectivity index (χ1v) is 8.25. The van der Waals surface area contributed by atoms with Gasteiger partial charge >= 0.3 is 0 Å². The van der Waals surface area contributed by atoms with Gasteiger partial charge in [0.15, 0.2) is 0 Å². The molecule has 0 aliphatic heterocycles. The molecule has 2 rings (SSSR count). The second-order valence-electron chi connectivity index (χ2n) is 5.34. The lowest BCUT2D eigenvalue weighted by molar-refractivity contribution is 0.170. The SMILES string of the molecule is CC(C)N(CCOc1cccc(CN)c1)Cc1cccs1. The number of ether oxygens (including phenoxy) is 1. The summed E-state index contributed by atoms with van der Waals surface area (Å²) >= 11 is 1.81. The number of nitrogens with two attached hydrogens (primary N) is 1. The van der Waals surface area contributed by atoms with Gasteiger partial charge < -0.3 is 10.5 Å². The molecule has 0 spiro atoms. The normalized spacial score (nSPS) is 11.3. The summed E-state index contributed by atoms with van der Waals surface area (Å²) in [6.07, 6.45) is 0. The highest BCUT2D eigenvalue weighted by atomic mass is 32.1. The van der Waals surface area contributed by atoms with Crippen LogP contribution >= 0.6 is 11.3 Å². The molecular formula is C17H24N2OS. The lowest BCUT2D eigenvalue weighted by atomic mass is 10.2. The molecule has 0 aliphatic rings. The van der Waals surface area contributed by atoms with Crippen LogP contribution in [0.5, 0.6) is 5.75 Å². The fourth-order valence-electron chi connectivity index (χ4n) is 2.17. The summed E-state index contributed by atoms with van der Waals surface area (Å²) in [7, 11) is 0. The largest absolute Gasteiger partial charge is 0.492 e. The Bertz CT molecular complexity index is 525. The monoisotopic (exact) mass is 304 g/mol. The Morgan fingerprint density at radius 1 is 1.24 bits per heavy atom. The maximum atomic E-state index is 5.85. The zero-order valence-corrected chi connectivity index (χ0v) is 13.6. The standard InChI is InChI=1S/C17H24N2OS/c1-14(2)19(13-17-7-4-10-21-17)8-9-20-16-6-3-5-15(11-16)12-18/h3-7,10-11,14H,8-9,12-13,18H2,1-2H3. The van der Waals surface area contributed by atoms with Crippen LogP contribution in [0.1, 0.15) is 24.3 Å². The van der Waals surface area contributed by atoms with E-state index < -0.39 is 0 Å². The van der Waals surface area contributed by atoms with Crippen LogP contribution in [0.15, 0.2) is 41.8 Å². The molecule has 0 unspecified atom stereocenters. The van der Waals surface area contributed by atoms with E-state index in [0.29, 0.717) is 19.2 Å². The van der Waals surface area contributed by atoms with Gasteiger partial charge in [0, 0.05) is 30.6 Å². The minimum absolute atomic E-state index is 0.506. The van der Waals surface area contributed by atoms with Gasteiger partial charge in [0.05, 0.1) is 0 Å². The van der Waals surface area contributed by atoms with Gasteiger partial charge in [-0.15, -0.1) is 11.3 Å². The van der Waals surface area contributed by atoms with E-state index >= 15 is 0 Å². The van der Waals surface area contributed by atoms with Gasteiger partial charge in [0.25, 0.3) is 0 Å². The summed E-state index contributed by atoms with van der Waals surface area (Å²) in [6.45, 7) is 7.60. The molecule has 2 aromatic rings. The molecule has 0 amide bonds. The predicted octanol–water partition coefficient (Wildman–Crippen LogP) is 3.50. The molecule has 3 nitrogen and oxygen atoms in total. The Labute approximate surface area is 131 Å². The van der Waals surface area contributed by atoms with Crippen molar-refractivity contribution in [3.05, 3.63) is 52.2 Å². The minimum Gasteiger partial charge on any atom is -0.492 e. The first kappa shape index (κ1) is 16.0. The molecule has 114 valence electrons. The number of rotatable bonds is 8. The van der Waals surface area contributed by atoms with E-state index in [1.54, 1.807) is 0 Å². The molecule has 0 fully saturated rings. The Morgan fingerprint density at radius 3 is 2.76 bits per heavy atom. The van der Waals surface area contributed by atoms with Crippen LogP contribution in [0.25, 0.3) is 0 Å². The summed E-state index contributed by atoms with van der Waals surface area (Å²) in [4.78, 5) is 3.83. The molecule has 1 aromatic heterocycles. The summed E-state index contributed by atoms with van der Waals surface area (Å²) in [6, 6.07) is 12.8. The molecule has 4 heteroatoms. The number of thiophene rings is 1. The third-order valence-electron chi connectivity index (χ3n) is 3.45. The Balaban J connectivity index is 1.84. The van der Waals surface area contributed by atoms with Gasteiger partial charge in [0.1, 0.15) is 12.4 Å². The summed E-state index contributed by atoms with van der Waals surface area (Å²) < 4.78 is 5.85. The Morgan fingerprint density at radius 2 is 2.10 bits per heavy atom. The Hall–Kier alpha value is -1.36. The van der Waals surface area contributed by atoms with Crippen molar-refractivity contribution in [3.8, 4) is 5.75 Å². The van der Waals surface area contributed by atoms with Gasteiger partial charge in [-0.25, -0.2) is 0 Å². The summed E-state index contributed by atoms with van der Waals surface area (Å²) in [5, 5.41) is 2.13. The van der Waals surface area contributed by atoms with Crippen molar-refractivity contribution >= 4 is 11.3 Å². The van der Waals surface area contributed by atoms with E-state index in [1.807, 2.05) is 35.6 Å². The fraction of sp³-hybridized carbons (Fsp3) is 0.412. The van der Waals surface area contributed by atoms with Gasteiger partial charge in [-0.1, -0.05) is 18.2 Å². The highest BCUT2D eigenvalue weighted by Crippen LogP contribution is 2.15. The third-order valence-corrected chi connectivity index (χ3v) is 4.31. The van der Waals surface area contributed by atoms with Crippen molar-refractivity contribution in [2.24, 2.45) is 5.73 Å². The van der Waals surface area contributed by atoms with Crippen LogP contribution < -0.4 is 10.5 Å². The number of hydrogen-bond donors (Lipinski definition) is 1. The second kappa shape index (κ2) is 8.17. The lowest BCUT2D eigenvalue weighted by Crippen LogP contribution is -2.33. The van der Waals surface area contributed by atoms with Crippen molar-refractivity contribution in [1.82, 2.24) is 4.90 Å². The fourth-order valence-corrected chi connectivity index (χ4v) is 2.89. The molecule has 0 atom stereocenters. The molecule has 0 saturated heterocycles. The molecule has 0 aliphatic carbocycles.